The molecule has 5 aromatic rings. The quantitative estimate of drug-likeness (QED) is 0.474. The number of hydrogen-bond acceptors (Lipinski definition) is 3. The second-order valence-corrected chi connectivity index (χ2v) is 6.62. The standard InChI is InChI=1S/C22H18N4O/c1-13-4-3-5-17-20(13)25-26-21(17)22-23-18-11-8-15(12-19(18)24-22)14-6-9-16(27-2)10-7-14/h3-12H,1-2H3,(H,23,24)(H,25,26). The molecule has 132 valence electrons. The molecule has 2 heterocycles. The van der Waals surface area contributed by atoms with Crippen molar-refractivity contribution in [3.05, 3.63) is 66.2 Å². The van der Waals surface area contributed by atoms with Gasteiger partial charge in [0.05, 0.1) is 23.7 Å². The van der Waals surface area contributed by atoms with E-state index in [2.05, 4.69) is 58.5 Å². The van der Waals surface area contributed by atoms with E-state index in [9.17, 15) is 0 Å². The summed E-state index contributed by atoms with van der Waals surface area (Å²) in [5.41, 5.74) is 7.23. The van der Waals surface area contributed by atoms with E-state index in [-0.39, 0.29) is 0 Å². The number of benzene rings is 3. The fourth-order valence-corrected chi connectivity index (χ4v) is 3.45. The molecule has 2 aromatic heterocycles. The molecule has 2 N–H and O–H groups in total. The van der Waals surface area contributed by atoms with Gasteiger partial charge in [-0.15, -0.1) is 0 Å². The average molecular weight is 354 g/mol. The van der Waals surface area contributed by atoms with Gasteiger partial charge in [-0.25, -0.2) is 4.98 Å². The first kappa shape index (κ1) is 15.6. The zero-order chi connectivity index (χ0) is 18.4. The first-order valence-electron chi connectivity index (χ1n) is 8.81. The topological polar surface area (TPSA) is 66.6 Å². The molecule has 27 heavy (non-hydrogen) atoms. The van der Waals surface area contributed by atoms with E-state index >= 15 is 0 Å². The van der Waals surface area contributed by atoms with Crippen LogP contribution >= 0.6 is 0 Å². The van der Waals surface area contributed by atoms with Crippen LogP contribution in [0.5, 0.6) is 5.75 Å². The lowest BCUT2D eigenvalue weighted by molar-refractivity contribution is 0.415. The van der Waals surface area contributed by atoms with Gasteiger partial charge in [0.25, 0.3) is 0 Å². The van der Waals surface area contributed by atoms with E-state index in [0.717, 1.165) is 55.9 Å². The van der Waals surface area contributed by atoms with Crippen LogP contribution in [0.15, 0.2) is 60.7 Å². The first-order chi connectivity index (χ1) is 13.2. The molecule has 3 aromatic carbocycles. The minimum atomic E-state index is 0.796. The van der Waals surface area contributed by atoms with Crippen molar-refractivity contribution in [3.63, 3.8) is 0 Å². The number of nitrogens with zero attached hydrogens (tertiary/aromatic N) is 2. The third kappa shape index (κ3) is 2.56. The number of para-hydroxylation sites is 1. The van der Waals surface area contributed by atoms with Gasteiger partial charge < -0.3 is 9.72 Å². The van der Waals surface area contributed by atoms with Gasteiger partial charge >= 0.3 is 0 Å². The summed E-state index contributed by atoms with van der Waals surface area (Å²) >= 11 is 0. The zero-order valence-corrected chi connectivity index (χ0v) is 15.1. The van der Waals surface area contributed by atoms with Crippen molar-refractivity contribution in [1.29, 1.82) is 0 Å². The molecule has 0 bridgehead atoms. The molecule has 0 atom stereocenters. The molecule has 5 rings (SSSR count). The summed E-state index contributed by atoms with van der Waals surface area (Å²) in [6, 6.07) is 20.5. The Morgan fingerprint density at radius 2 is 1.74 bits per heavy atom. The Bertz CT molecular complexity index is 1260. The SMILES string of the molecule is COc1ccc(-c2ccc3nc(-c4[nH]nc5c(C)cccc45)[nH]c3c2)cc1. The van der Waals surface area contributed by atoms with Crippen LogP contribution < -0.4 is 4.74 Å². The van der Waals surface area contributed by atoms with Crippen molar-refractivity contribution in [1.82, 2.24) is 20.2 Å². The molecule has 0 saturated carbocycles. The van der Waals surface area contributed by atoms with Crippen LogP contribution in [0, 0.1) is 6.92 Å². The van der Waals surface area contributed by atoms with Crippen LogP contribution in [0.2, 0.25) is 0 Å². The van der Waals surface area contributed by atoms with Gasteiger partial charge in [0, 0.05) is 5.39 Å². The Hall–Kier alpha value is -3.60. The van der Waals surface area contributed by atoms with Crippen LogP contribution in [0.1, 0.15) is 5.56 Å². The lowest BCUT2D eigenvalue weighted by Crippen LogP contribution is -1.83. The predicted octanol–water partition coefficient (Wildman–Crippen LogP) is 5.09. The molecule has 5 heteroatoms. The smallest absolute Gasteiger partial charge is 0.157 e. The molecule has 0 radical (unpaired) electrons. The molecule has 0 unspecified atom stereocenters. The van der Waals surface area contributed by atoms with Crippen molar-refractivity contribution in [2.75, 3.05) is 7.11 Å². The minimum Gasteiger partial charge on any atom is -0.497 e. The fraction of sp³-hybridized carbons (Fsp3) is 0.0909. The maximum Gasteiger partial charge on any atom is 0.157 e. The number of nitrogens with one attached hydrogen (secondary N) is 2. The summed E-state index contributed by atoms with van der Waals surface area (Å²) < 4.78 is 5.24. The number of fused-ring (bicyclic) bond motifs is 2. The van der Waals surface area contributed by atoms with Gasteiger partial charge in [0.15, 0.2) is 5.82 Å². The number of aromatic amines is 2. The van der Waals surface area contributed by atoms with E-state index in [1.165, 1.54) is 0 Å². The molecule has 0 saturated heterocycles. The highest BCUT2D eigenvalue weighted by molar-refractivity contribution is 5.95. The zero-order valence-electron chi connectivity index (χ0n) is 15.1. The Morgan fingerprint density at radius 1 is 0.926 bits per heavy atom. The van der Waals surface area contributed by atoms with Crippen molar-refractivity contribution < 1.29 is 4.74 Å². The lowest BCUT2D eigenvalue weighted by Gasteiger charge is -2.03. The van der Waals surface area contributed by atoms with E-state index in [1.807, 2.05) is 24.3 Å². The molecular weight excluding hydrogens is 336 g/mol. The molecule has 0 aliphatic rings. The van der Waals surface area contributed by atoms with Gasteiger partial charge in [-0.05, 0) is 47.9 Å². The molecule has 0 amide bonds. The van der Waals surface area contributed by atoms with E-state index < -0.39 is 0 Å². The summed E-state index contributed by atoms with van der Waals surface area (Å²) in [6.45, 7) is 2.06. The molecular formula is C22H18N4O. The summed E-state index contributed by atoms with van der Waals surface area (Å²) in [6.07, 6.45) is 0. The second-order valence-electron chi connectivity index (χ2n) is 6.62. The van der Waals surface area contributed by atoms with E-state index in [4.69, 9.17) is 9.72 Å². The van der Waals surface area contributed by atoms with Gasteiger partial charge in [-0.1, -0.05) is 36.4 Å². The van der Waals surface area contributed by atoms with Crippen molar-refractivity contribution in [3.8, 4) is 28.4 Å². The Kier molecular flexibility index (Phi) is 3.47. The highest BCUT2D eigenvalue weighted by atomic mass is 16.5. The molecule has 0 fully saturated rings. The number of aryl methyl sites for hydroxylation is 1. The van der Waals surface area contributed by atoms with Crippen molar-refractivity contribution in [2.45, 2.75) is 6.92 Å². The largest absolute Gasteiger partial charge is 0.497 e. The van der Waals surface area contributed by atoms with Gasteiger partial charge in [0.2, 0.25) is 0 Å². The van der Waals surface area contributed by atoms with Crippen LogP contribution in [-0.4, -0.2) is 27.3 Å². The van der Waals surface area contributed by atoms with Crippen LogP contribution in [0.3, 0.4) is 0 Å². The summed E-state index contributed by atoms with van der Waals surface area (Å²) in [4.78, 5) is 8.19. The number of imidazole rings is 1. The number of aromatic nitrogens is 4. The third-order valence-electron chi connectivity index (χ3n) is 4.93. The van der Waals surface area contributed by atoms with E-state index in [0.29, 0.717) is 0 Å². The first-order valence-corrected chi connectivity index (χ1v) is 8.81. The lowest BCUT2D eigenvalue weighted by atomic mass is 10.1. The Morgan fingerprint density at radius 3 is 2.56 bits per heavy atom. The van der Waals surface area contributed by atoms with Gasteiger partial charge in [0.1, 0.15) is 11.4 Å². The Balaban J connectivity index is 1.60. The second kappa shape index (κ2) is 5.99. The average Bonchev–Trinajstić information content (AvgIpc) is 3.32. The maximum absolute atomic E-state index is 5.24. The highest BCUT2D eigenvalue weighted by Crippen LogP contribution is 2.30. The number of H-pyrrole nitrogens is 2. The number of rotatable bonds is 3. The predicted molar refractivity (Wildman–Crippen MR) is 108 cm³/mol. The van der Waals surface area contributed by atoms with Crippen molar-refractivity contribution in [2.24, 2.45) is 0 Å². The number of hydrogen-bond donors (Lipinski definition) is 2. The minimum absolute atomic E-state index is 0.796. The Labute approximate surface area is 156 Å². The highest BCUT2D eigenvalue weighted by Gasteiger charge is 2.13. The van der Waals surface area contributed by atoms with Gasteiger partial charge in [-0.2, -0.15) is 5.10 Å². The van der Waals surface area contributed by atoms with Crippen LogP contribution in [0.4, 0.5) is 0 Å². The normalized spacial score (nSPS) is 11.3. The monoisotopic (exact) mass is 354 g/mol. The maximum atomic E-state index is 5.24. The summed E-state index contributed by atoms with van der Waals surface area (Å²) in [5.74, 6) is 1.65. The molecule has 0 spiro atoms. The third-order valence-corrected chi connectivity index (χ3v) is 4.93. The van der Waals surface area contributed by atoms with E-state index in [1.54, 1.807) is 7.11 Å². The number of methoxy groups -OCH3 is 1. The van der Waals surface area contributed by atoms with Crippen LogP contribution in [-0.2, 0) is 0 Å². The number of ether oxygens (including phenoxy) is 1. The molecule has 0 aliphatic carbocycles. The molecule has 5 nitrogen and oxygen atoms in total. The van der Waals surface area contributed by atoms with Gasteiger partial charge in [-0.3, -0.25) is 5.10 Å². The summed E-state index contributed by atoms with van der Waals surface area (Å²) in [7, 11) is 1.67. The van der Waals surface area contributed by atoms with Crippen molar-refractivity contribution >= 4 is 21.9 Å². The van der Waals surface area contributed by atoms with Crippen LogP contribution in [0.25, 0.3) is 44.6 Å². The fourth-order valence-electron chi connectivity index (χ4n) is 3.45. The summed E-state index contributed by atoms with van der Waals surface area (Å²) in [5, 5.41) is 8.66. The molecule has 0 aliphatic heterocycles.